The Morgan fingerprint density at radius 1 is 1.30 bits per heavy atom. The molecular formula is C14H18ClN3O2. The van der Waals surface area contributed by atoms with E-state index in [2.05, 4.69) is 10.3 Å². The summed E-state index contributed by atoms with van der Waals surface area (Å²) < 4.78 is 0. The van der Waals surface area contributed by atoms with Crippen molar-refractivity contribution in [3.63, 3.8) is 0 Å². The van der Waals surface area contributed by atoms with Crippen LogP contribution in [0.4, 0.5) is 0 Å². The number of carbonyl (C=O) groups is 2. The fraction of sp³-hybridized carbons (Fsp3) is 0.500. The van der Waals surface area contributed by atoms with Crippen molar-refractivity contribution in [1.29, 1.82) is 0 Å². The quantitative estimate of drug-likeness (QED) is 0.863. The summed E-state index contributed by atoms with van der Waals surface area (Å²) in [5, 5.41) is 2.87. The summed E-state index contributed by atoms with van der Waals surface area (Å²) in [4.78, 5) is 29.5. The van der Waals surface area contributed by atoms with Crippen molar-refractivity contribution in [3.8, 4) is 0 Å². The zero-order valence-corrected chi connectivity index (χ0v) is 12.0. The second-order valence-electron chi connectivity index (χ2n) is 4.79. The zero-order chi connectivity index (χ0) is 14.4. The number of hydrogen-bond donors (Lipinski definition) is 1. The third-order valence-corrected chi connectivity index (χ3v) is 3.64. The molecule has 1 N–H and O–H groups in total. The van der Waals surface area contributed by atoms with Crippen LogP contribution in [-0.4, -0.2) is 41.3 Å². The number of amides is 2. The molecule has 2 rings (SSSR count). The minimum absolute atomic E-state index is 0.0993. The lowest BCUT2D eigenvalue weighted by atomic mass is 10.1. The van der Waals surface area contributed by atoms with Gasteiger partial charge in [0.25, 0.3) is 5.91 Å². The first-order chi connectivity index (χ1) is 9.68. The lowest BCUT2D eigenvalue weighted by molar-refractivity contribution is -0.131. The van der Waals surface area contributed by atoms with Crippen LogP contribution in [0.1, 0.15) is 36.0 Å². The van der Waals surface area contributed by atoms with Gasteiger partial charge >= 0.3 is 0 Å². The highest BCUT2D eigenvalue weighted by Gasteiger charge is 2.16. The first-order valence-corrected chi connectivity index (χ1v) is 7.23. The largest absolute Gasteiger partial charge is 0.351 e. The molecule has 0 radical (unpaired) electrons. The second-order valence-corrected chi connectivity index (χ2v) is 5.15. The van der Waals surface area contributed by atoms with Crippen LogP contribution in [0.15, 0.2) is 18.3 Å². The van der Waals surface area contributed by atoms with Gasteiger partial charge in [0.2, 0.25) is 5.91 Å². The van der Waals surface area contributed by atoms with Crippen LogP contribution in [0.25, 0.3) is 0 Å². The Bertz CT molecular complexity index is 487. The van der Waals surface area contributed by atoms with Crippen molar-refractivity contribution in [2.24, 2.45) is 0 Å². The number of nitrogens with zero attached hydrogens (tertiary/aromatic N) is 2. The first kappa shape index (κ1) is 14.8. The van der Waals surface area contributed by atoms with E-state index < -0.39 is 0 Å². The van der Waals surface area contributed by atoms with Gasteiger partial charge in [-0.15, -0.1) is 0 Å². The van der Waals surface area contributed by atoms with Gasteiger partial charge in [0.15, 0.2) is 0 Å². The molecule has 2 heterocycles. The third-order valence-electron chi connectivity index (χ3n) is 3.34. The second kappa shape index (κ2) is 7.24. The minimum Gasteiger partial charge on any atom is -0.351 e. The Labute approximate surface area is 123 Å². The van der Waals surface area contributed by atoms with Crippen molar-refractivity contribution in [2.75, 3.05) is 19.6 Å². The molecular weight excluding hydrogens is 278 g/mol. The topological polar surface area (TPSA) is 62.3 Å². The van der Waals surface area contributed by atoms with Crippen LogP contribution in [0.5, 0.6) is 0 Å². The summed E-state index contributed by atoms with van der Waals surface area (Å²) in [6.07, 6.45) is 5.19. The lowest BCUT2D eigenvalue weighted by Gasteiger charge is -2.26. The summed E-state index contributed by atoms with van der Waals surface area (Å²) >= 11 is 5.84. The smallest absolute Gasteiger partial charge is 0.254 e. The summed E-state index contributed by atoms with van der Waals surface area (Å²) in [7, 11) is 0. The Morgan fingerprint density at radius 2 is 2.05 bits per heavy atom. The van der Waals surface area contributed by atoms with Crippen LogP contribution >= 0.6 is 11.6 Å². The Morgan fingerprint density at radius 3 is 2.75 bits per heavy atom. The maximum atomic E-state index is 11.9. The van der Waals surface area contributed by atoms with Crippen molar-refractivity contribution in [2.45, 2.75) is 25.7 Å². The number of hydrogen-bond acceptors (Lipinski definition) is 3. The van der Waals surface area contributed by atoms with E-state index in [1.807, 2.05) is 4.90 Å². The molecule has 1 aromatic rings. The molecule has 0 atom stereocenters. The fourth-order valence-electron chi connectivity index (χ4n) is 2.24. The van der Waals surface area contributed by atoms with Gasteiger partial charge < -0.3 is 10.2 Å². The molecule has 20 heavy (non-hydrogen) atoms. The number of nitrogens with one attached hydrogen (secondary N) is 1. The summed E-state index contributed by atoms with van der Waals surface area (Å²) in [6, 6.07) is 3.26. The first-order valence-electron chi connectivity index (χ1n) is 6.85. The van der Waals surface area contributed by atoms with E-state index in [0.717, 1.165) is 25.9 Å². The standard InChI is InChI=1S/C14H18ClN3O2/c15-13-11(5-4-7-16-13)14(20)17-8-6-12(19)18-9-2-1-3-10-18/h4-5,7H,1-3,6,8-10H2,(H,17,20). The summed E-state index contributed by atoms with van der Waals surface area (Å²) in [6.45, 7) is 1.99. The Kier molecular flexibility index (Phi) is 5.35. The highest BCUT2D eigenvalue weighted by Crippen LogP contribution is 2.11. The number of likely N-dealkylation sites (tertiary alicyclic amines) is 1. The molecule has 0 spiro atoms. The van der Waals surface area contributed by atoms with Crippen molar-refractivity contribution >= 4 is 23.4 Å². The van der Waals surface area contributed by atoms with E-state index in [-0.39, 0.29) is 17.0 Å². The highest BCUT2D eigenvalue weighted by molar-refractivity contribution is 6.32. The van der Waals surface area contributed by atoms with E-state index in [4.69, 9.17) is 11.6 Å². The number of pyridine rings is 1. The van der Waals surface area contributed by atoms with Crippen LogP contribution in [-0.2, 0) is 4.79 Å². The molecule has 1 aliphatic rings. The lowest BCUT2D eigenvalue weighted by Crippen LogP contribution is -2.37. The Hall–Kier alpha value is -1.62. The molecule has 1 aromatic heterocycles. The SMILES string of the molecule is O=C(NCCC(=O)N1CCCCC1)c1cccnc1Cl. The van der Waals surface area contributed by atoms with E-state index >= 15 is 0 Å². The maximum absolute atomic E-state index is 11.9. The van der Waals surface area contributed by atoms with Gasteiger partial charge in [-0.25, -0.2) is 4.98 Å². The van der Waals surface area contributed by atoms with Crippen LogP contribution < -0.4 is 5.32 Å². The number of halogens is 1. The zero-order valence-electron chi connectivity index (χ0n) is 11.3. The predicted molar refractivity (Wildman–Crippen MR) is 76.6 cm³/mol. The maximum Gasteiger partial charge on any atom is 0.254 e. The molecule has 1 fully saturated rings. The molecule has 0 saturated carbocycles. The average molecular weight is 296 g/mol. The molecule has 1 aliphatic heterocycles. The van der Waals surface area contributed by atoms with Gasteiger partial charge in [-0.1, -0.05) is 11.6 Å². The number of piperidine rings is 1. The van der Waals surface area contributed by atoms with Gasteiger partial charge in [-0.2, -0.15) is 0 Å². The van der Waals surface area contributed by atoms with Crippen LogP contribution in [0.2, 0.25) is 5.15 Å². The van der Waals surface area contributed by atoms with E-state index in [1.54, 1.807) is 12.1 Å². The van der Waals surface area contributed by atoms with E-state index in [0.29, 0.717) is 18.5 Å². The van der Waals surface area contributed by atoms with E-state index in [9.17, 15) is 9.59 Å². The molecule has 0 unspecified atom stereocenters. The fourth-order valence-corrected chi connectivity index (χ4v) is 2.44. The molecule has 6 heteroatoms. The normalized spacial score (nSPS) is 14.9. The van der Waals surface area contributed by atoms with Gasteiger partial charge in [-0.3, -0.25) is 9.59 Å². The molecule has 0 aliphatic carbocycles. The van der Waals surface area contributed by atoms with Gasteiger partial charge in [0.1, 0.15) is 5.15 Å². The van der Waals surface area contributed by atoms with E-state index in [1.165, 1.54) is 12.6 Å². The summed E-state index contributed by atoms with van der Waals surface area (Å²) in [5.41, 5.74) is 0.333. The van der Waals surface area contributed by atoms with Gasteiger partial charge in [-0.05, 0) is 31.4 Å². The monoisotopic (exact) mass is 295 g/mol. The van der Waals surface area contributed by atoms with Crippen LogP contribution in [0.3, 0.4) is 0 Å². The molecule has 5 nitrogen and oxygen atoms in total. The minimum atomic E-state index is -0.297. The number of carbonyl (C=O) groups excluding carboxylic acids is 2. The number of aromatic nitrogens is 1. The molecule has 0 bridgehead atoms. The molecule has 0 aromatic carbocycles. The Balaban J connectivity index is 1.76. The predicted octanol–water partition coefficient (Wildman–Crippen LogP) is 1.87. The molecule has 108 valence electrons. The number of rotatable bonds is 4. The summed E-state index contributed by atoms with van der Waals surface area (Å²) in [5.74, 6) is -0.197. The third kappa shape index (κ3) is 3.93. The highest BCUT2D eigenvalue weighted by atomic mass is 35.5. The van der Waals surface area contributed by atoms with Crippen LogP contribution in [0, 0.1) is 0 Å². The van der Waals surface area contributed by atoms with Crippen molar-refractivity contribution < 1.29 is 9.59 Å². The van der Waals surface area contributed by atoms with Gasteiger partial charge in [0, 0.05) is 32.3 Å². The molecule has 2 amide bonds. The van der Waals surface area contributed by atoms with Crippen molar-refractivity contribution in [3.05, 3.63) is 29.0 Å². The van der Waals surface area contributed by atoms with Gasteiger partial charge in [0.05, 0.1) is 5.56 Å². The van der Waals surface area contributed by atoms with Crippen molar-refractivity contribution in [1.82, 2.24) is 15.2 Å². The average Bonchev–Trinajstić information content (AvgIpc) is 2.48. The molecule has 1 saturated heterocycles.